The normalized spacial score (nSPS) is 18.4. The summed E-state index contributed by atoms with van der Waals surface area (Å²) in [5.41, 5.74) is 5.17. The lowest BCUT2D eigenvalue weighted by Crippen LogP contribution is -2.08. The maximum absolute atomic E-state index is 12.3. The molecule has 1 aliphatic rings. The van der Waals surface area contributed by atoms with Crippen LogP contribution < -0.4 is 5.73 Å². The number of hydrogen-bond acceptors (Lipinski definition) is 3. The quantitative estimate of drug-likeness (QED) is 0.855. The van der Waals surface area contributed by atoms with Gasteiger partial charge in [-0.2, -0.15) is 13.2 Å². The number of alkyl halides is 3. The summed E-state index contributed by atoms with van der Waals surface area (Å²) in [5, 5.41) is 0.581. The molecule has 1 heterocycles. The molecule has 0 aromatic heterocycles. The molecule has 0 amide bonds. The van der Waals surface area contributed by atoms with Crippen LogP contribution in [0.15, 0.2) is 40.8 Å². The minimum Gasteiger partial charge on any atom is -0.389 e. The Hall–Kier alpha value is -1.76. The van der Waals surface area contributed by atoms with Crippen LogP contribution in [0.4, 0.5) is 13.2 Å². The van der Waals surface area contributed by atoms with Crippen molar-refractivity contribution in [2.75, 3.05) is 0 Å². The summed E-state index contributed by atoms with van der Waals surface area (Å²) in [6, 6.07) is 4.15. The zero-order chi connectivity index (χ0) is 13.6. The Morgan fingerprint density at radius 1 is 1.06 bits per heavy atom. The molecule has 0 aliphatic carbocycles. The fourth-order valence-corrected chi connectivity index (χ4v) is 2.50. The molecule has 2 rings (SSSR count). The molecule has 0 atom stereocenters. The van der Waals surface area contributed by atoms with E-state index in [1.54, 1.807) is 0 Å². The average Bonchev–Trinajstić information content (AvgIpc) is 2.53. The zero-order valence-corrected chi connectivity index (χ0v) is 9.72. The fourth-order valence-electron chi connectivity index (χ4n) is 1.54. The van der Waals surface area contributed by atoms with Crippen molar-refractivity contribution in [3.05, 3.63) is 51.9 Å². The second-order valence-electron chi connectivity index (χ2n) is 3.70. The summed E-state index contributed by atoms with van der Waals surface area (Å²) >= 11 is 0. The van der Waals surface area contributed by atoms with Crippen LogP contribution in [0.1, 0.15) is 11.1 Å². The molecular formula is C11H8F3NO2S. The van der Waals surface area contributed by atoms with Crippen molar-refractivity contribution >= 4 is 15.4 Å². The van der Waals surface area contributed by atoms with Crippen molar-refractivity contribution in [3.8, 4) is 0 Å². The molecular weight excluding hydrogens is 267 g/mol. The van der Waals surface area contributed by atoms with E-state index in [2.05, 4.69) is 0 Å². The summed E-state index contributed by atoms with van der Waals surface area (Å²) in [7, 11) is -3.61. The third-order valence-corrected chi connectivity index (χ3v) is 3.84. The van der Waals surface area contributed by atoms with Crippen molar-refractivity contribution in [1.82, 2.24) is 0 Å². The first-order valence-electron chi connectivity index (χ1n) is 4.82. The van der Waals surface area contributed by atoms with Gasteiger partial charge in [-0.15, -0.1) is 0 Å². The monoisotopic (exact) mass is 275 g/mol. The zero-order valence-electron chi connectivity index (χ0n) is 8.90. The van der Waals surface area contributed by atoms with Crippen molar-refractivity contribution < 1.29 is 21.6 Å². The lowest BCUT2D eigenvalue weighted by molar-refractivity contribution is -0.137. The molecule has 7 heteroatoms. The highest BCUT2D eigenvalue weighted by Crippen LogP contribution is 2.32. The van der Waals surface area contributed by atoms with Gasteiger partial charge in [0, 0.05) is 11.0 Å². The molecule has 1 aromatic carbocycles. The van der Waals surface area contributed by atoms with Crippen LogP contribution in [-0.2, 0) is 16.0 Å². The van der Waals surface area contributed by atoms with Crippen molar-refractivity contribution in [2.45, 2.75) is 6.18 Å². The van der Waals surface area contributed by atoms with Crippen LogP contribution >= 0.6 is 0 Å². The second kappa shape index (κ2) is 3.88. The average molecular weight is 275 g/mol. The molecule has 3 nitrogen and oxygen atoms in total. The van der Waals surface area contributed by atoms with Gasteiger partial charge in [0.25, 0.3) is 0 Å². The van der Waals surface area contributed by atoms with Crippen LogP contribution in [0, 0.1) is 0 Å². The molecule has 0 saturated heterocycles. The van der Waals surface area contributed by atoms with Gasteiger partial charge >= 0.3 is 6.18 Å². The minimum atomic E-state index is -4.42. The van der Waals surface area contributed by atoms with Gasteiger partial charge < -0.3 is 5.73 Å². The van der Waals surface area contributed by atoms with Gasteiger partial charge in [0.2, 0.25) is 9.84 Å². The number of rotatable bonds is 1. The summed E-state index contributed by atoms with van der Waals surface area (Å²) in [6.45, 7) is 0. The standard InChI is InChI=1S/C11H8F3NO2S/c12-11(13,14)8-3-1-7(2-4-8)9-5-6-18(16,17)10(9)15/h1-6H,15H2. The molecule has 0 fully saturated rings. The van der Waals surface area contributed by atoms with E-state index in [9.17, 15) is 21.6 Å². The predicted molar refractivity (Wildman–Crippen MR) is 60.6 cm³/mol. The van der Waals surface area contributed by atoms with Gasteiger partial charge in [-0.25, -0.2) is 8.42 Å². The molecule has 18 heavy (non-hydrogen) atoms. The van der Waals surface area contributed by atoms with E-state index in [4.69, 9.17) is 5.73 Å². The number of hydrogen-bond donors (Lipinski definition) is 1. The SMILES string of the molecule is NC1=C(c2ccc(C(F)(F)F)cc2)C=CS1(=O)=O. The number of nitrogens with two attached hydrogens (primary N) is 1. The molecule has 1 aliphatic heterocycles. The second-order valence-corrected chi connectivity index (χ2v) is 5.50. The largest absolute Gasteiger partial charge is 0.416 e. The van der Waals surface area contributed by atoms with Gasteiger partial charge in [0.15, 0.2) is 0 Å². The predicted octanol–water partition coefficient (Wildman–Crippen LogP) is 2.27. The number of allylic oxidation sites excluding steroid dienone is 2. The third kappa shape index (κ3) is 2.13. The Labute approximate surface area is 101 Å². The molecule has 1 aromatic rings. The molecule has 0 bridgehead atoms. The van der Waals surface area contributed by atoms with Crippen LogP contribution in [0.3, 0.4) is 0 Å². The van der Waals surface area contributed by atoms with Crippen molar-refractivity contribution in [2.24, 2.45) is 5.73 Å². The van der Waals surface area contributed by atoms with Gasteiger partial charge in [0.1, 0.15) is 5.03 Å². The lowest BCUT2D eigenvalue weighted by atomic mass is 10.0. The maximum atomic E-state index is 12.3. The van der Waals surface area contributed by atoms with Crippen LogP contribution in [0.5, 0.6) is 0 Å². The third-order valence-electron chi connectivity index (χ3n) is 2.51. The molecule has 96 valence electrons. The first-order valence-corrected chi connectivity index (χ1v) is 6.37. The smallest absolute Gasteiger partial charge is 0.389 e. The van der Waals surface area contributed by atoms with Gasteiger partial charge in [0.05, 0.1) is 5.56 Å². The van der Waals surface area contributed by atoms with E-state index in [1.165, 1.54) is 18.2 Å². The molecule has 0 radical (unpaired) electrons. The van der Waals surface area contributed by atoms with E-state index >= 15 is 0 Å². The maximum Gasteiger partial charge on any atom is 0.416 e. The highest BCUT2D eigenvalue weighted by molar-refractivity contribution is 7.98. The molecule has 0 saturated carbocycles. The number of sulfone groups is 1. The van der Waals surface area contributed by atoms with Crippen LogP contribution in [-0.4, -0.2) is 8.42 Å². The van der Waals surface area contributed by atoms with Gasteiger partial charge in [-0.05, 0) is 23.8 Å². The summed E-state index contributed by atoms with van der Waals surface area (Å²) in [6.07, 6.45) is -3.15. The Morgan fingerprint density at radius 3 is 2.00 bits per heavy atom. The Kier molecular flexibility index (Phi) is 2.73. The van der Waals surface area contributed by atoms with E-state index in [0.29, 0.717) is 5.56 Å². The minimum absolute atomic E-state index is 0.212. The van der Waals surface area contributed by atoms with Gasteiger partial charge in [-0.1, -0.05) is 12.1 Å². The van der Waals surface area contributed by atoms with E-state index < -0.39 is 21.6 Å². The van der Waals surface area contributed by atoms with E-state index in [0.717, 1.165) is 17.5 Å². The van der Waals surface area contributed by atoms with Crippen LogP contribution in [0.25, 0.3) is 5.57 Å². The topological polar surface area (TPSA) is 60.2 Å². The fraction of sp³-hybridized carbons (Fsp3) is 0.0909. The Morgan fingerprint density at radius 2 is 1.61 bits per heavy atom. The first kappa shape index (κ1) is 12.7. The van der Waals surface area contributed by atoms with Crippen molar-refractivity contribution in [3.63, 3.8) is 0 Å². The Balaban J connectivity index is 2.45. The summed E-state index contributed by atoms with van der Waals surface area (Å²) in [5.74, 6) is 0. The first-order chi connectivity index (χ1) is 8.22. The number of halogens is 3. The molecule has 0 spiro atoms. The Bertz CT molecular complexity index is 640. The van der Waals surface area contributed by atoms with Crippen LogP contribution in [0.2, 0.25) is 0 Å². The summed E-state index contributed by atoms with van der Waals surface area (Å²) < 4.78 is 59.7. The van der Waals surface area contributed by atoms with E-state index in [-0.39, 0.29) is 10.6 Å². The lowest BCUT2D eigenvalue weighted by Gasteiger charge is -2.07. The van der Waals surface area contributed by atoms with E-state index in [1.807, 2.05) is 0 Å². The summed E-state index contributed by atoms with van der Waals surface area (Å²) in [4.78, 5) is 0. The highest BCUT2D eigenvalue weighted by atomic mass is 32.2. The molecule has 0 unspecified atom stereocenters. The van der Waals surface area contributed by atoms with Crippen molar-refractivity contribution in [1.29, 1.82) is 0 Å². The highest BCUT2D eigenvalue weighted by Gasteiger charge is 2.30. The van der Waals surface area contributed by atoms with Gasteiger partial charge in [-0.3, -0.25) is 0 Å². The molecule has 2 N–H and O–H groups in total. The number of benzene rings is 1.